The molecule has 3 aliphatic rings. The van der Waals surface area contributed by atoms with E-state index in [1.807, 2.05) is 47.4 Å². The lowest BCUT2D eigenvalue weighted by Crippen LogP contribution is -2.42. The van der Waals surface area contributed by atoms with Gasteiger partial charge in [-0.3, -0.25) is 9.69 Å². The summed E-state index contributed by atoms with van der Waals surface area (Å²) in [7, 11) is 1.67. The van der Waals surface area contributed by atoms with Crippen LogP contribution in [0, 0.1) is 17.8 Å². The minimum absolute atomic E-state index is 0.122. The van der Waals surface area contributed by atoms with Gasteiger partial charge in [0.25, 0.3) is 0 Å². The zero-order chi connectivity index (χ0) is 23.9. The van der Waals surface area contributed by atoms with Crippen molar-refractivity contribution in [3.63, 3.8) is 0 Å². The van der Waals surface area contributed by atoms with E-state index in [1.54, 1.807) is 7.11 Å². The van der Waals surface area contributed by atoms with Gasteiger partial charge in [-0.25, -0.2) is 4.79 Å². The van der Waals surface area contributed by atoms with E-state index in [2.05, 4.69) is 23.2 Å². The quantitative estimate of drug-likeness (QED) is 0.494. The first-order chi connectivity index (χ1) is 17.1. The first kappa shape index (κ1) is 22.0. The summed E-state index contributed by atoms with van der Waals surface area (Å²) in [6, 6.07) is 15.8. The summed E-state index contributed by atoms with van der Waals surface area (Å²) in [6.45, 7) is 0.864. The fourth-order valence-corrected chi connectivity index (χ4v) is 6.29. The van der Waals surface area contributed by atoms with E-state index in [-0.39, 0.29) is 30.6 Å². The molecule has 2 unspecified atom stereocenters. The van der Waals surface area contributed by atoms with Crippen LogP contribution in [0.1, 0.15) is 42.1 Å². The summed E-state index contributed by atoms with van der Waals surface area (Å²) >= 11 is 0. The Labute approximate surface area is 204 Å². The second kappa shape index (κ2) is 8.91. The number of methoxy groups -OCH3 is 1. The van der Waals surface area contributed by atoms with Gasteiger partial charge in [0.05, 0.1) is 13.2 Å². The van der Waals surface area contributed by atoms with Crippen LogP contribution in [0.2, 0.25) is 0 Å². The molecule has 3 aromatic rings. The van der Waals surface area contributed by atoms with Gasteiger partial charge >= 0.3 is 6.09 Å². The van der Waals surface area contributed by atoms with Gasteiger partial charge < -0.3 is 14.5 Å². The number of rotatable bonds is 5. The van der Waals surface area contributed by atoms with Crippen LogP contribution in [0.4, 0.5) is 4.79 Å². The largest absolute Gasteiger partial charge is 0.497 e. The molecule has 2 heterocycles. The molecule has 3 atom stereocenters. The van der Waals surface area contributed by atoms with Gasteiger partial charge in [0.15, 0.2) is 0 Å². The average Bonchev–Trinajstić information content (AvgIpc) is 3.36. The molecule has 2 aliphatic carbocycles. The number of carbonyl (C=O) groups is 2. The Morgan fingerprint density at radius 3 is 2.60 bits per heavy atom. The highest BCUT2D eigenvalue weighted by Crippen LogP contribution is 2.48. The van der Waals surface area contributed by atoms with Crippen molar-refractivity contribution in [1.29, 1.82) is 0 Å². The number of ether oxygens (including phenoxy) is 2. The number of benzene rings is 2. The average molecular weight is 471 g/mol. The smallest absolute Gasteiger partial charge is 0.410 e. The maximum absolute atomic E-state index is 13.4. The number of hydrogen-bond donors (Lipinski definition) is 1. The summed E-state index contributed by atoms with van der Waals surface area (Å²) in [5.74, 6) is 2.04. The zero-order valence-corrected chi connectivity index (χ0v) is 19.9. The number of Topliss-reactive ketones (excluding diaryl/α,β-unsaturated/α-hetero) is 1. The Kier molecular flexibility index (Phi) is 5.59. The van der Waals surface area contributed by atoms with Gasteiger partial charge in [-0.05, 0) is 53.9 Å². The molecule has 6 heteroatoms. The van der Waals surface area contributed by atoms with Gasteiger partial charge in [-0.1, -0.05) is 42.5 Å². The van der Waals surface area contributed by atoms with Crippen LogP contribution in [0.15, 0.2) is 60.7 Å². The van der Waals surface area contributed by atoms with Crippen LogP contribution in [-0.2, 0) is 22.6 Å². The standard InChI is InChI=1S/C29H30N2O4/c1-34-22-9-10-23-24-11-12-31(29(33)35-17-18-5-3-2-4-6-18)27(28(24)30-26(23)15-22)16-25-19-7-8-20(25)14-21(32)13-19/h2-10,15,19-20,25,27,30H,11-14,16-17H2,1H3/t19?,20?,25?,27-/m1/s1. The fourth-order valence-electron chi connectivity index (χ4n) is 6.29. The van der Waals surface area contributed by atoms with Crippen LogP contribution < -0.4 is 4.74 Å². The number of allylic oxidation sites excluding steroid dienone is 2. The third-order valence-electron chi connectivity index (χ3n) is 8.03. The Morgan fingerprint density at radius 1 is 1.09 bits per heavy atom. The van der Waals surface area contributed by atoms with Crippen LogP contribution in [0.5, 0.6) is 5.75 Å². The van der Waals surface area contributed by atoms with Gasteiger partial charge in [-0.2, -0.15) is 0 Å². The number of ketones is 1. The van der Waals surface area contributed by atoms with Gasteiger partial charge in [0.2, 0.25) is 0 Å². The van der Waals surface area contributed by atoms with E-state index >= 15 is 0 Å². The number of nitrogens with zero attached hydrogens (tertiary/aromatic N) is 1. The Bertz CT molecular complexity index is 1280. The molecule has 0 saturated heterocycles. The molecular weight excluding hydrogens is 440 g/mol. The molecule has 0 radical (unpaired) electrons. The van der Waals surface area contributed by atoms with Crippen molar-refractivity contribution >= 4 is 22.8 Å². The molecule has 180 valence electrons. The molecule has 0 spiro atoms. The molecule has 1 aromatic heterocycles. The highest BCUT2D eigenvalue weighted by atomic mass is 16.6. The second-order valence-electron chi connectivity index (χ2n) is 9.99. The third-order valence-corrected chi connectivity index (χ3v) is 8.03. The molecule has 6 nitrogen and oxygen atoms in total. The predicted octanol–water partition coefficient (Wildman–Crippen LogP) is 5.58. The summed E-state index contributed by atoms with van der Waals surface area (Å²) in [6.07, 6.45) is 6.96. The number of carbonyl (C=O) groups excluding carboxylic acids is 2. The highest BCUT2D eigenvalue weighted by molar-refractivity contribution is 5.87. The van der Waals surface area contributed by atoms with E-state index in [0.29, 0.717) is 31.1 Å². The minimum atomic E-state index is -0.284. The molecular formula is C29H30N2O4. The van der Waals surface area contributed by atoms with Crippen molar-refractivity contribution in [2.75, 3.05) is 13.7 Å². The number of H-pyrrole nitrogens is 1. The highest BCUT2D eigenvalue weighted by Gasteiger charge is 2.43. The molecule has 35 heavy (non-hydrogen) atoms. The molecule has 2 bridgehead atoms. The minimum Gasteiger partial charge on any atom is -0.497 e. The van der Waals surface area contributed by atoms with Crippen LogP contribution in [-0.4, -0.2) is 35.4 Å². The molecule has 1 saturated carbocycles. The number of aromatic nitrogens is 1. The summed E-state index contributed by atoms with van der Waals surface area (Å²) in [5, 5.41) is 1.18. The summed E-state index contributed by atoms with van der Waals surface area (Å²) in [4.78, 5) is 31.1. The Hall–Kier alpha value is -3.54. The van der Waals surface area contributed by atoms with Crippen molar-refractivity contribution in [2.45, 2.75) is 38.3 Å². The maximum atomic E-state index is 13.4. The van der Waals surface area contributed by atoms with Gasteiger partial charge in [0.1, 0.15) is 18.1 Å². The maximum Gasteiger partial charge on any atom is 0.410 e. The lowest BCUT2D eigenvalue weighted by Gasteiger charge is -2.39. The SMILES string of the molecule is COc1ccc2c3c([nH]c2c1)[C@@H](CC1C2C=CC1CC(=O)C2)N(C(=O)OCc1ccccc1)CC3. The number of aromatic amines is 1. The van der Waals surface area contributed by atoms with Crippen LogP contribution in [0.3, 0.4) is 0 Å². The van der Waals surface area contributed by atoms with Crippen molar-refractivity contribution in [1.82, 2.24) is 9.88 Å². The first-order valence-electron chi connectivity index (χ1n) is 12.5. The second-order valence-corrected chi connectivity index (χ2v) is 9.99. The molecule has 1 aliphatic heterocycles. The number of fused-ring (bicyclic) bond motifs is 5. The zero-order valence-electron chi connectivity index (χ0n) is 19.9. The lowest BCUT2D eigenvalue weighted by molar-refractivity contribution is -0.123. The van der Waals surface area contributed by atoms with Gasteiger partial charge in [0, 0.05) is 42.0 Å². The summed E-state index contributed by atoms with van der Waals surface area (Å²) < 4.78 is 11.2. The van der Waals surface area contributed by atoms with Crippen molar-refractivity contribution < 1.29 is 19.1 Å². The van der Waals surface area contributed by atoms with E-state index in [0.717, 1.165) is 35.4 Å². The molecule has 1 fully saturated rings. The number of amides is 1. The van der Waals surface area contributed by atoms with E-state index in [1.165, 1.54) is 10.9 Å². The Balaban J connectivity index is 1.32. The monoisotopic (exact) mass is 470 g/mol. The number of hydrogen-bond acceptors (Lipinski definition) is 4. The first-order valence-corrected chi connectivity index (χ1v) is 12.5. The fraction of sp³-hybridized carbons (Fsp3) is 0.379. The molecule has 2 aromatic carbocycles. The van der Waals surface area contributed by atoms with Crippen molar-refractivity contribution in [3.05, 3.63) is 77.5 Å². The Morgan fingerprint density at radius 2 is 1.86 bits per heavy atom. The topological polar surface area (TPSA) is 71.6 Å². The van der Waals surface area contributed by atoms with E-state index in [9.17, 15) is 9.59 Å². The lowest BCUT2D eigenvalue weighted by atomic mass is 9.73. The van der Waals surface area contributed by atoms with Crippen molar-refractivity contribution in [2.24, 2.45) is 17.8 Å². The predicted molar refractivity (Wildman–Crippen MR) is 133 cm³/mol. The van der Waals surface area contributed by atoms with Gasteiger partial charge in [-0.15, -0.1) is 0 Å². The van der Waals surface area contributed by atoms with Crippen LogP contribution in [0.25, 0.3) is 10.9 Å². The normalized spacial score (nSPS) is 25.1. The van der Waals surface area contributed by atoms with Crippen molar-refractivity contribution in [3.8, 4) is 5.75 Å². The molecule has 1 N–H and O–H groups in total. The van der Waals surface area contributed by atoms with E-state index < -0.39 is 0 Å². The molecule has 1 amide bonds. The molecule has 6 rings (SSSR count). The third kappa shape index (κ3) is 4.01. The number of nitrogens with one attached hydrogen (secondary N) is 1. The summed E-state index contributed by atoms with van der Waals surface area (Å²) in [5.41, 5.74) is 4.36. The van der Waals surface area contributed by atoms with Crippen LogP contribution >= 0.6 is 0 Å². The van der Waals surface area contributed by atoms with E-state index in [4.69, 9.17) is 9.47 Å².